The van der Waals surface area contributed by atoms with E-state index in [2.05, 4.69) is 4.99 Å². The van der Waals surface area contributed by atoms with Gasteiger partial charge < -0.3 is 0 Å². The molecule has 66 valence electrons. The summed E-state index contributed by atoms with van der Waals surface area (Å²) in [5.74, 6) is 0. The molecule has 1 atom stereocenters. The third-order valence-corrected chi connectivity index (χ3v) is 1.99. The molecule has 0 spiro atoms. The Hall–Kier alpha value is -1.10. The number of hydrogen-bond donors (Lipinski definition) is 0. The second-order valence-electron chi connectivity index (χ2n) is 2.43. The lowest BCUT2D eigenvalue weighted by molar-refractivity contribution is -0.651. The molecule has 0 aliphatic carbocycles. The monoisotopic (exact) mass is 189 g/mol. The molecule has 0 fully saturated rings. The van der Waals surface area contributed by atoms with Crippen molar-refractivity contribution in [2.45, 2.75) is 20.0 Å². The predicted molar refractivity (Wildman–Crippen MR) is 45.3 cm³/mol. The first-order chi connectivity index (χ1) is 5.54. The summed E-state index contributed by atoms with van der Waals surface area (Å²) in [6.45, 7) is 3.22. The van der Waals surface area contributed by atoms with Crippen LogP contribution in [0.5, 0.6) is 0 Å². The van der Waals surface area contributed by atoms with Crippen LogP contribution in [0.1, 0.15) is 13.8 Å². The van der Waals surface area contributed by atoms with E-state index in [4.69, 9.17) is 11.6 Å². The zero-order chi connectivity index (χ0) is 9.30. The maximum Gasteiger partial charge on any atom is 0.181 e. The zero-order valence-corrected chi connectivity index (χ0v) is 7.45. The summed E-state index contributed by atoms with van der Waals surface area (Å²) >= 11 is 5.66. The van der Waals surface area contributed by atoms with Gasteiger partial charge in [0.05, 0.1) is 5.03 Å². The number of hydrogen-bond acceptors (Lipinski definition) is 3. The largest absolute Gasteiger partial charge is 0.261 e. The highest BCUT2D eigenvalue weighted by atomic mass is 35.5. The topological polar surface area (TPSA) is 58.7 Å². The van der Waals surface area contributed by atoms with Crippen molar-refractivity contribution < 1.29 is 5.03 Å². The summed E-state index contributed by atoms with van der Waals surface area (Å²) in [5.41, 5.74) is 0.421. The first-order valence-corrected chi connectivity index (χ1v) is 3.75. The molecule has 0 amide bonds. The third kappa shape index (κ3) is 1.40. The molecule has 0 aromatic carbocycles. The van der Waals surface area contributed by atoms with Gasteiger partial charge >= 0.3 is 0 Å². The molecular formula is C6H8ClN3O2. The number of allylic oxidation sites excluding steroid dienone is 2. The minimum Gasteiger partial charge on any atom is -0.261 e. The predicted octanol–water partition coefficient (Wildman–Crippen LogP) is 1.38. The van der Waals surface area contributed by atoms with Gasteiger partial charge in [-0.05, 0) is 13.8 Å². The molecule has 0 aromatic rings. The van der Waals surface area contributed by atoms with Crippen LogP contribution in [0, 0.1) is 10.1 Å². The molecule has 5 nitrogen and oxygen atoms in total. The maximum absolute atomic E-state index is 10.5. The summed E-state index contributed by atoms with van der Waals surface area (Å²) in [4.78, 5) is 14.3. The molecule has 0 saturated carbocycles. The van der Waals surface area contributed by atoms with Gasteiger partial charge in [-0.2, -0.15) is 0 Å². The lowest BCUT2D eigenvalue weighted by Crippen LogP contribution is -2.37. The molecule has 0 N–H and O–H groups in total. The first-order valence-electron chi connectivity index (χ1n) is 3.37. The number of nitro groups is 1. The highest BCUT2D eigenvalue weighted by Gasteiger charge is 2.28. The molecule has 0 saturated heterocycles. The van der Waals surface area contributed by atoms with Crippen LogP contribution >= 0.6 is 11.6 Å². The van der Waals surface area contributed by atoms with Gasteiger partial charge in [-0.1, -0.05) is 16.6 Å². The fourth-order valence-electron chi connectivity index (χ4n) is 0.978. The van der Waals surface area contributed by atoms with Crippen LogP contribution in [-0.2, 0) is 0 Å². The quantitative estimate of drug-likeness (QED) is 0.463. The van der Waals surface area contributed by atoms with Crippen LogP contribution in [0.4, 0.5) is 0 Å². The summed E-state index contributed by atoms with van der Waals surface area (Å²) < 4.78 is 0. The maximum atomic E-state index is 10.5. The number of halogens is 1. The van der Waals surface area contributed by atoms with E-state index in [0.29, 0.717) is 10.7 Å². The Kier molecular flexibility index (Phi) is 2.32. The van der Waals surface area contributed by atoms with E-state index in [1.165, 1.54) is 6.21 Å². The molecule has 1 aliphatic heterocycles. The Balaban J connectivity index is 3.00. The lowest BCUT2D eigenvalue weighted by atomic mass is 10.3. The summed E-state index contributed by atoms with van der Waals surface area (Å²) in [7, 11) is 0. The van der Waals surface area contributed by atoms with Crippen LogP contribution in [0.15, 0.2) is 15.7 Å². The molecule has 0 radical (unpaired) electrons. The van der Waals surface area contributed by atoms with Gasteiger partial charge in [-0.25, -0.2) is 10.1 Å². The number of rotatable bonds is 1. The van der Waals surface area contributed by atoms with Crippen molar-refractivity contribution in [2.75, 3.05) is 0 Å². The standard InChI is InChI=1S/C6H8ClN3O2/c1-4-6(7)3-8-5(2)9(4)10(11)12/h3,5H,1-2H3. The van der Waals surface area contributed by atoms with E-state index < -0.39 is 11.2 Å². The van der Waals surface area contributed by atoms with Crippen molar-refractivity contribution >= 4 is 17.8 Å². The van der Waals surface area contributed by atoms with E-state index in [9.17, 15) is 10.1 Å². The van der Waals surface area contributed by atoms with Crippen molar-refractivity contribution in [1.29, 1.82) is 0 Å². The average molecular weight is 190 g/mol. The number of nitrogens with zero attached hydrogens (tertiary/aromatic N) is 3. The van der Waals surface area contributed by atoms with Crippen molar-refractivity contribution in [3.63, 3.8) is 0 Å². The van der Waals surface area contributed by atoms with Crippen molar-refractivity contribution in [3.8, 4) is 0 Å². The smallest absolute Gasteiger partial charge is 0.181 e. The van der Waals surface area contributed by atoms with Crippen molar-refractivity contribution in [3.05, 3.63) is 20.8 Å². The molecular weight excluding hydrogens is 182 g/mol. The van der Waals surface area contributed by atoms with Crippen LogP contribution < -0.4 is 0 Å². The summed E-state index contributed by atoms with van der Waals surface area (Å²) in [5, 5.41) is 11.2. The molecule has 1 heterocycles. The Labute approximate surface area is 74.5 Å². The van der Waals surface area contributed by atoms with Crippen molar-refractivity contribution in [1.82, 2.24) is 5.01 Å². The third-order valence-electron chi connectivity index (χ3n) is 1.62. The van der Waals surface area contributed by atoms with Crippen LogP contribution in [0.3, 0.4) is 0 Å². The van der Waals surface area contributed by atoms with Gasteiger partial charge in [0.25, 0.3) is 0 Å². The highest BCUT2D eigenvalue weighted by Crippen LogP contribution is 2.20. The molecule has 1 unspecified atom stereocenters. The van der Waals surface area contributed by atoms with Gasteiger partial charge in [0.1, 0.15) is 5.70 Å². The first kappa shape index (κ1) is 8.99. The molecule has 1 aliphatic rings. The molecule has 1 rings (SSSR count). The second kappa shape index (κ2) is 3.10. The minimum atomic E-state index is -0.515. The van der Waals surface area contributed by atoms with E-state index in [0.717, 1.165) is 5.01 Å². The Morgan fingerprint density at radius 2 is 2.42 bits per heavy atom. The van der Waals surface area contributed by atoms with Gasteiger partial charge in [0, 0.05) is 6.21 Å². The molecule has 0 bridgehead atoms. The minimum absolute atomic E-state index is 0.310. The SMILES string of the molecule is CC1=C(Cl)C=NC(C)N1[N+](=O)[O-]. The molecule has 12 heavy (non-hydrogen) atoms. The van der Waals surface area contributed by atoms with Gasteiger partial charge in [0.15, 0.2) is 11.2 Å². The lowest BCUT2D eigenvalue weighted by Gasteiger charge is -2.21. The van der Waals surface area contributed by atoms with Gasteiger partial charge in [0.2, 0.25) is 0 Å². The Morgan fingerprint density at radius 3 is 2.83 bits per heavy atom. The van der Waals surface area contributed by atoms with E-state index in [1.54, 1.807) is 13.8 Å². The van der Waals surface area contributed by atoms with Gasteiger partial charge in [-0.3, -0.25) is 4.99 Å². The summed E-state index contributed by atoms with van der Waals surface area (Å²) in [6.07, 6.45) is 0.948. The van der Waals surface area contributed by atoms with E-state index in [-0.39, 0.29) is 0 Å². The Bertz CT molecular complexity index is 274. The Morgan fingerprint density at radius 1 is 1.83 bits per heavy atom. The van der Waals surface area contributed by atoms with E-state index in [1.807, 2.05) is 0 Å². The fraction of sp³-hybridized carbons (Fsp3) is 0.500. The normalized spacial score (nSPS) is 23.2. The van der Waals surface area contributed by atoms with E-state index >= 15 is 0 Å². The van der Waals surface area contributed by atoms with Crippen molar-refractivity contribution in [2.24, 2.45) is 4.99 Å². The summed E-state index contributed by atoms with van der Waals surface area (Å²) in [6, 6.07) is 0. The fourth-order valence-corrected chi connectivity index (χ4v) is 1.12. The van der Waals surface area contributed by atoms with Crippen LogP contribution in [0.25, 0.3) is 0 Å². The number of aliphatic imine (C=N–C) groups is 1. The van der Waals surface area contributed by atoms with Crippen LogP contribution in [-0.4, -0.2) is 22.4 Å². The van der Waals surface area contributed by atoms with Crippen LogP contribution in [0.2, 0.25) is 0 Å². The zero-order valence-electron chi connectivity index (χ0n) is 6.69. The molecule has 0 aromatic heterocycles. The number of hydrazine groups is 1. The molecule has 6 heteroatoms. The highest BCUT2D eigenvalue weighted by molar-refractivity contribution is 6.39. The van der Waals surface area contributed by atoms with Gasteiger partial charge in [-0.15, -0.1) is 0 Å². The second-order valence-corrected chi connectivity index (χ2v) is 2.83. The average Bonchev–Trinajstić information content (AvgIpc) is 1.97.